The number of amides is 1. The molecule has 2 aromatic carbocycles. The van der Waals surface area contributed by atoms with Crippen LogP contribution in [0, 0.1) is 0 Å². The van der Waals surface area contributed by atoms with Gasteiger partial charge in [0.1, 0.15) is 6.54 Å². The Labute approximate surface area is 173 Å². The third kappa shape index (κ3) is 5.40. The predicted molar refractivity (Wildman–Crippen MR) is 106 cm³/mol. The van der Waals surface area contributed by atoms with Crippen molar-refractivity contribution < 1.29 is 38.1 Å². The molecule has 9 heteroatoms. The predicted octanol–water partition coefficient (Wildman–Crippen LogP) is 1.90. The molecule has 0 heterocycles. The highest BCUT2D eigenvalue weighted by Gasteiger charge is 2.26. The maximum atomic E-state index is 12.5. The van der Waals surface area contributed by atoms with Crippen molar-refractivity contribution in [2.45, 2.75) is 6.10 Å². The molecule has 30 heavy (non-hydrogen) atoms. The summed E-state index contributed by atoms with van der Waals surface area (Å²) in [6, 6.07) is 11.3. The lowest BCUT2D eigenvalue weighted by Gasteiger charge is -2.16. The first kappa shape index (κ1) is 22.5. The number of carbonyl (C=O) groups excluding carboxylic acids is 3. The van der Waals surface area contributed by atoms with E-state index in [0.717, 1.165) is 0 Å². The van der Waals surface area contributed by atoms with Crippen LogP contribution in [0.3, 0.4) is 0 Å². The molecule has 0 aliphatic heterocycles. The molecule has 0 fully saturated rings. The van der Waals surface area contributed by atoms with E-state index in [-0.39, 0.29) is 5.56 Å². The van der Waals surface area contributed by atoms with E-state index in [1.54, 1.807) is 30.3 Å². The standard InChI is InChI=1S/C21H23NO8/c1-26-15-10-14(11-16(27-2)19(15)28-3)20(24)22-12-17(23)30-18(21(25)29-4)13-8-6-5-7-9-13/h5-11,18H,12H2,1-4H3,(H,22,24). The monoisotopic (exact) mass is 417 g/mol. The first-order valence-corrected chi connectivity index (χ1v) is 8.85. The largest absolute Gasteiger partial charge is 0.493 e. The fraction of sp³-hybridized carbons (Fsp3) is 0.286. The van der Waals surface area contributed by atoms with E-state index in [9.17, 15) is 14.4 Å². The van der Waals surface area contributed by atoms with Crippen LogP contribution in [0.4, 0.5) is 0 Å². The van der Waals surface area contributed by atoms with E-state index in [1.165, 1.54) is 40.6 Å². The van der Waals surface area contributed by atoms with Crippen molar-refractivity contribution in [3.05, 3.63) is 53.6 Å². The summed E-state index contributed by atoms with van der Waals surface area (Å²) in [5.74, 6) is -1.19. The molecule has 0 saturated heterocycles. The topological polar surface area (TPSA) is 109 Å². The zero-order valence-corrected chi connectivity index (χ0v) is 17.1. The maximum absolute atomic E-state index is 12.5. The second kappa shape index (κ2) is 10.7. The van der Waals surface area contributed by atoms with Crippen LogP contribution in [-0.2, 0) is 19.1 Å². The summed E-state index contributed by atoms with van der Waals surface area (Å²) in [5, 5.41) is 2.44. The van der Waals surface area contributed by atoms with Gasteiger partial charge in [0.05, 0.1) is 28.4 Å². The number of ether oxygens (including phenoxy) is 5. The van der Waals surface area contributed by atoms with E-state index in [2.05, 4.69) is 5.32 Å². The first-order valence-electron chi connectivity index (χ1n) is 8.85. The molecule has 1 unspecified atom stereocenters. The molecular formula is C21H23NO8. The third-order valence-electron chi connectivity index (χ3n) is 4.09. The molecule has 0 spiro atoms. The second-order valence-electron chi connectivity index (χ2n) is 5.90. The smallest absolute Gasteiger partial charge is 0.351 e. The van der Waals surface area contributed by atoms with Gasteiger partial charge >= 0.3 is 11.9 Å². The Kier molecular flexibility index (Phi) is 8.04. The Hall–Kier alpha value is -3.75. The van der Waals surface area contributed by atoms with Gasteiger partial charge in [0.25, 0.3) is 5.91 Å². The number of hydrogen-bond donors (Lipinski definition) is 1. The van der Waals surface area contributed by atoms with E-state index in [4.69, 9.17) is 23.7 Å². The number of carbonyl (C=O) groups is 3. The van der Waals surface area contributed by atoms with Gasteiger partial charge < -0.3 is 29.0 Å². The van der Waals surface area contributed by atoms with E-state index >= 15 is 0 Å². The molecule has 2 aromatic rings. The molecule has 1 N–H and O–H groups in total. The van der Waals surface area contributed by atoms with Crippen LogP contribution in [-0.4, -0.2) is 52.8 Å². The molecule has 0 radical (unpaired) electrons. The van der Waals surface area contributed by atoms with Crippen molar-refractivity contribution >= 4 is 17.8 Å². The van der Waals surface area contributed by atoms with Crippen molar-refractivity contribution in [2.24, 2.45) is 0 Å². The summed E-state index contributed by atoms with van der Waals surface area (Å²) in [4.78, 5) is 36.7. The van der Waals surface area contributed by atoms with Crippen LogP contribution < -0.4 is 19.5 Å². The van der Waals surface area contributed by atoms with Crippen molar-refractivity contribution in [2.75, 3.05) is 35.0 Å². The molecule has 9 nitrogen and oxygen atoms in total. The van der Waals surface area contributed by atoms with Crippen LogP contribution >= 0.6 is 0 Å². The first-order chi connectivity index (χ1) is 14.4. The summed E-state index contributed by atoms with van der Waals surface area (Å²) in [7, 11) is 5.48. The van der Waals surface area contributed by atoms with Gasteiger partial charge in [-0.2, -0.15) is 0 Å². The fourth-order valence-electron chi connectivity index (χ4n) is 2.63. The van der Waals surface area contributed by atoms with Crippen LogP contribution in [0.1, 0.15) is 22.0 Å². The zero-order chi connectivity index (χ0) is 22.1. The Bertz CT molecular complexity index is 872. The molecule has 0 aliphatic carbocycles. The summed E-state index contributed by atoms with van der Waals surface area (Å²) in [5.41, 5.74) is 0.638. The lowest BCUT2D eigenvalue weighted by Crippen LogP contribution is -2.32. The van der Waals surface area contributed by atoms with Gasteiger partial charge in [-0.15, -0.1) is 0 Å². The van der Waals surface area contributed by atoms with Crippen LogP contribution in [0.5, 0.6) is 17.2 Å². The normalized spacial score (nSPS) is 11.1. The van der Waals surface area contributed by atoms with Crippen LogP contribution in [0.25, 0.3) is 0 Å². The van der Waals surface area contributed by atoms with E-state index in [1.807, 2.05) is 0 Å². The van der Waals surface area contributed by atoms with E-state index < -0.39 is 30.5 Å². The van der Waals surface area contributed by atoms with E-state index in [0.29, 0.717) is 22.8 Å². The fourth-order valence-corrected chi connectivity index (χ4v) is 2.63. The molecule has 0 aromatic heterocycles. The quantitative estimate of drug-likeness (QED) is 0.616. The van der Waals surface area contributed by atoms with Gasteiger partial charge in [-0.1, -0.05) is 30.3 Å². The Morgan fingerprint density at radius 1 is 0.900 bits per heavy atom. The zero-order valence-electron chi connectivity index (χ0n) is 17.1. The van der Waals surface area contributed by atoms with Crippen LogP contribution in [0.2, 0.25) is 0 Å². The minimum Gasteiger partial charge on any atom is -0.493 e. The molecule has 160 valence electrons. The number of methoxy groups -OCH3 is 4. The van der Waals surface area contributed by atoms with Gasteiger partial charge in [0, 0.05) is 11.1 Å². The Balaban J connectivity index is 2.08. The second-order valence-corrected chi connectivity index (χ2v) is 5.90. The lowest BCUT2D eigenvalue weighted by atomic mass is 10.1. The summed E-state index contributed by atoms with van der Waals surface area (Å²) < 4.78 is 25.5. The van der Waals surface area contributed by atoms with Gasteiger partial charge in [-0.25, -0.2) is 4.79 Å². The van der Waals surface area contributed by atoms with Gasteiger partial charge in [0.15, 0.2) is 11.5 Å². The average Bonchev–Trinajstić information content (AvgIpc) is 2.79. The van der Waals surface area contributed by atoms with Gasteiger partial charge in [-0.05, 0) is 12.1 Å². The number of rotatable bonds is 9. The molecule has 0 saturated carbocycles. The van der Waals surface area contributed by atoms with Crippen LogP contribution in [0.15, 0.2) is 42.5 Å². The molecule has 1 atom stereocenters. The maximum Gasteiger partial charge on any atom is 0.351 e. The Morgan fingerprint density at radius 3 is 2.00 bits per heavy atom. The highest BCUT2D eigenvalue weighted by atomic mass is 16.6. The van der Waals surface area contributed by atoms with Crippen molar-refractivity contribution in [3.63, 3.8) is 0 Å². The summed E-state index contributed by atoms with van der Waals surface area (Å²) in [6.07, 6.45) is -1.23. The van der Waals surface area contributed by atoms with Crippen molar-refractivity contribution in [1.82, 2.24) is 5.32 Å². The molecule has 0 aliphatic rings. The minimum absolute atomic E-state index is 0.185. The minimum atomic E-state index is -1.23. The van der Waals surface area contributed by atoms with Gasteiger partial charge in [-0.3, -0.25) is 9.59 Å². The number of nitrogens with one attached hydrogen (secondary N) is 1. The van der Waals surface area contributed by atoms with Gasteiger partial charge in [0.2, 0.25) is 11.9 Å². The van der Waals surface area contributed by atoms with Crippen molar-refractivity contribution in [3.8, 4) is 17.2 Å². The lowest BCUT2D eigenvalue weighted by molar-refractivity contribution is -0.166. The molecule has 1 amide bonds. The van der Waals surface area contributed by atoms with Crippen molar-refractivity contribution in [1.29, 1.82) is 0 Å². The molecule has 0 bridgehead atoms. The number of benzene rings is 2. The molecular weight excluding hydrogens is 394 g/mol. The third-order valence-corrected chi connectivity index (χ3v) is 4.09. The highest BCUT2D eigenvalue weighted by Crippen LogP contribution is 2.38. The SMILES string of the molecule is COC(=O)C(OC(=O)CNC(=O)c1cc(OC)c(OC)c(OC)c1)c1ccccc1. The summed E-state index contributed by atoms with van der Waals surface area (Å²) >= 11 is 0. The number of hydrogen-bond acceptors (Lipinski definition) is 8. The average molecular weight is 417 g/mol. The molecule has 2 rings (SSSR count). The highest BCUT2D eigenvalue weighted by molar-refractivity contribution is 5.97. The summed E-state index contributed by atoms with van der Waals surface area (Å²) in [6.45, 7) is -0.462. The number of esters is 2. The Morgan fingerprint density at radius 2 is 1.50 bits per heavy atom.